The van der Waals surface area contributed by atoms with Gasteiger partial charge in [-0.1, -0.05) is 11.5 Å². The number of azide groups is 1. The van der Waals surface area contributed by atoms with Crippen LogP contribution in [0, 0.1) is 0 Å². The van der Waals surface area contributed by atoms with Crippen LogP contribution >= 0.6 is 11.8 Å². The molecule has 0 spiro atoms. The molecular formula is C14H23N7O3S. The second-order valence-electron chi connectivity index (χ2n) is 5.96. The SMILES string of the molecule is [N-]=[N+]=NCC(=O)NCCNC(=O)CCCC[C@@H]1SC[C@@H]2NC(=O)N[C@@H]21. The number of nitrogens with zero attached hydrogens (tertiary/aromatic N) is 3. The maximum atomic E-state index is 11.7. The first kappa shape index (κ1) is 19.2. The highest BCUT2D eigenvalue weighted by Gasteiger charge is 2.42. The Labute approximate surface area is 149 Å². The third kappa shape index (κ3) is 6.35. The van der Waals surface area contributed by atoms with E-state index in [4.69, 9.17) is 5.53 Å². The summed E-state index contributed by atoms with van der Waals surface area (Å²) in [6.07, 6.45) is 3.16. The molecule has 0 bridgehead atoms. The van der Waals surface area contributed by atoms with Crippen LogP contribution in [0.1, 0.15) is 25.7 Å². The third-order valence-corrected chi connectivity index (χ3v) is 5.64. The maximum Gasteiger partial charge on any atom is 0.315 e. The molecule has 2 aliphatic rings. The largest absolute Gasteiger partial charge is 0.354 e. The molecule has 0 radical (unpaired) electrons. The molecule has 0 aromatic heterocycles. The quantitative estimate of drug-likeness (QED) is 0.144. The number of urea groups is 1. The van der Waals surface area contributed by atoms with Crippen molar-refractivity contribution in [2.45, 2.75) is 43.0 Å². The Balaban J connectivity index is 1.48. The summed E-state index contributed by atoms with van der Waals surface area (Å²) in [6.45, 7) is 0.419. The minimum Gasteiger partial charge on any atom is -0.354 e. The zero-order valence-electron chi connectivity index (χ0n) is 13.9. The molecule has 4 amide bonds. The van der Waals surface area contributed by atoms with Crippen LogP contribution in [0.2, 0.25) is 0 Å². The lowest BCUT2D eigenvalue weighted by molar-refractivity contribution is -0.122. The van der Waals surface area contributed by atoms with Gasteiger partial charge in [0.25, 0.3) is 0 Å². The van der Waals surface area contributed by atoms with Crippen LogP contribution in [0.3, 0.4) is 0 Å². The van der Waals surface area contributed by atoms with E-state index in [1.54, 1.807) is 0 Å². The topological polar surface area (TPSA) is 148 Å². The molecule has 0 saturated carbocycles. The molecule has 4 N–H and O–H groups in total. The number of hydrogen-bond donors (Lipinski definition) is 4. The molecular weight excluding hydrogens is 346 g/mol. The first-order valence-electron chi connectivity index (χ1n) is 8.33. The predicted molar refractivity (Wildman–Crippen MR) is 94.0 cm³/mol. The van der Waals surface area contributed by atoms with Crippen LogP contribution in [0.4, 0.5) is 4.79 Å². The van der Waals surface area contributed by atoms with E-state index in [9.17, 15) is 14.4 Å². The van der Waals surface area contributed by atoms with E-state index in [0.717, 1.165) is 25.0 Å². The van der Waals surface area contributed by atoms with E-state index in [2.05, 4.69) is 31.3 Å². The smallest absolute Gasteiger partial charge is 0.315 e. The molecule has 10 nitrogen and oxygen atoms in total. The average molecular weight is 369 g/mol. The molecule has 3 atom stereocenters. The fraction of sp³-hybridized carbons (Fsp3) is 0.786. The number of thioether (sulfide) groups is 1. The van der Waals surface area contributed by atoms with Gasteiger partial charge in [0.2, 0.25) is 11.8 Å². The van der Waals surface area contributed by atoms with Gasteiger partial charge in [-0.15, -0.1) is 0 Å². The fourth-order valence-electron chi connectivity index (χ4n) is 2.92. The summed E-state index contributed by atoms with van der Waals surface area (Å²) in [5.74, 6) is 0.532. The van der Waals surface area contributed by atoms with Crippen LogP contribution < -0.4 is 21.3 Å². The molecule has 11 heteroatoms. The van der Waals surface area contributed by atoms with Crippen LogP contribution in [-0.2, 0) is 9.59 Å². The number of amides is 4. The fourth-order valence-corrected chi connectivity index (χ4v) is 4.46. The number of carbonyl (C=O) groups excluding carboxylic acids is 3. The highest BCUT2D eigenvalue weighted by molar-refractivity contribution is 8.00. The second-order valence-corrected chi connectivity index (χ2v) is 7.23. The van der Waals surface area contributed by atoms with E-state index in [1.165, 1.54) is 0 Å². The van der Waals surface area contributed by atoms with Crippen LogP contribution in [-0.4, -0.2) is 60.6 Å². The molecule has 2 saturated heterocycles. The van der Waals surface area contributed by atoms with E-state index < -0.39 is 0 Å². The van der Waals surface area contributed by atoms with E-state index >= 15 is 0 Å². The molecule has 138 valence electrons. The minimum absolute atomic E-state index is 0.0444. The van der Waals surface area contributed by atoms with Crippen LogP contribution in [0.25, 0.3) is 10.4 Å². The van der Waals surface area contributed by atoms with Crippen molar-refractivity contribution in [2.75, 3.05) is 25.4 Å². The standard InChI is InChI=1S/C14H23N7O3S/c15-21-18-7-12(23)17-6-5-16-11(22)4-2-1-3-10-13-9(8-25-10)19-14(24)20-13/h9-10,13H,1-8H2,(H,16,22)(H,17,23)(H2,19,20,24)/t9-,10-,13-/m0/s1. The number of rotatable bonds is 10. The summed E-state index contributed by atoms with van der Waals surface area (Å²) in [6, 6.07) is 0.367. The lowest BCUT2D eigenvalue weighted by Gasteiger charge is -2.16. The van der Waals surface area contributed by atoms with Crippen LogP contribution in [0.5, 0.6) is 0 Å². The second kappa shape index (κ2) is 10.00. The maximum absolute atomic E-state index is 11.7. The predicted octanol–water partition coefficient (Wildman–Crippen LogP) is 0.255. The normalized spacial score (nSPS) is 23.8. The number of carbonyl (C=O) groups is 3. The summed E-state index contributed by atoms with van der Waals surface area (Å²) in [5.41, 5.74) is 8.09. The van der Waals surface area contributed by atoms with Gasteiger partial charge in [0.1, 0.15) is 6.54 Å². The summed E-state index contributed by atoms with van der Waals surface area (Å²) in [4.78, 5) is 36.7. The van der Waals surface area contributed by atoms with Gasteiger partial charge in [0.15, 0.2) is 0 Å². The van der Waals surface area contributed by atoms with Gasteiger partial charge in [-0.2, -0.15) is 11.8 Å². The van der Waals surface area contributed by atoms with Gasteiger partial charge in [0.05, 0.1) is 12.1 Å². The number of unbranched alkanes of at least 4 members (excludes halogenated alkanes) is 1. The monoisotopic (exact) mass is 369 g/mol. The summed E-state index contributed by atoms with van der Waals surface area (Å²) < 4.78 is 0. The highest BCUT2D eigenvalue weighted by atomic mass is 32.2. The molecule has 0 aliphatic carbocycles. The van der Waals surface area contributed by atoms with Gasteiger partial charge in [-0.05, 0) is 18.4 Å². The summed E-state index contributed by atoms with van der Waals surface area (Å²) in [5, 5.41) is 14.7. The Hall–Kier alpha value is -2.13. The van der Waals surface area contributed by atoms with Gasteiger partial charge in [0, 0.05) is 35.4 Å². The zero-order chi connectivity index (χ0) is 18.1. The molecule has 0 aromatic carbocycles. The molecule has 2 heterocycles. The van der Waals surface area contributed by atoms with Crippen molar-refractivity contribution in [3.8, 4) is 0 Å². The Morgan fingerprint density at radius 3 is 2.76 bits per heavy atom. The Bertz CT molecular complexity index is 553. The summed E-state index contributed by atoms with van der Waals surface area (Å²) >= 11 is 1.87. The van der Waals surface area contributed by atoms with Gasteiger partial charge >= 0.3 is 6.03 Å². The molecule has 2 aliphatic heterocycles. The van der Waals surface area contributed by atoms with Crippen molar-refractivity contribution in [1.82, 2.24) is 21.3 Å². The van der Waals surface area contributed by atoms with Gasteiger partial charge < -0.3 is 21.3 Å². The van der Waals surface area contributed by atoms with Crippen molar-refractivity contribution in [1.29, 1.82) is 0 Å². The highest BCUT2D eigenvalue weighted by Crippen LogP contribution is 2.33. The third-order valence-electron chi connectivity index (χ3n) is 4.13. The van der Waals surface area contributed by atoms with E-state index in [0.29, 0.717) is 24.8 Å². The molecule has 0 unspecified atom stereocenters. The summed E-state index contributed by atoms with van der Waals surface area (Å²) in [7, 11) is 0. The van der Waals surface area contributed by atoms with Crippen molar-refractivity contribution < 1.29 is 14.4 Å². The first-order valence-corrected chi connectivity index (χ1v) is 9.38. The number of fused-ring (bicyclic) bond motifs is 1. The molecule has 0 aromatic rings. The molecule has 25 heavy (non-hydrogen) atoms. The van der Waals surface area contributed by atoms with Gasteiger partial charge in [-0.25, -0.2) is 4.79 Å². The Morgan fingerprint density at radius 1 is 1.24 bits per heavy atom. The number of nitrogens with one attached hydrogen (secondary N) is 4. The van der Waals surface area contributed by atoms with E-state index in [1.807, 2.05) is 11.8 Å². The van der Waals surface area contributed by atoms with Crippen molar-refractivity contribution in [3.63, 3.8) is 0 Å². The minimum atomic E-state index is -0.368. The molecule has 2 rings (SSSR count). The number of hydrogen-bond acceptors (Lipinski definition) is 5. The average Bonchev–Trinajstić information content (AvgIpc) is 3.13. The van der Waals surface area contributed by atoms with Crippen LogP contribution in [0.15, 0.2) is 5.11 Å². The Kier molecular flexibility index (Phi) is 7.68. The first-order chi connectivity index (χ1) is 12.1. The Morgan fingerprint density at radius 2 is 2.00 bits per heavy atom. The zero-order valence-corrected chi connectivity index (χ0v) is 14.7. The lowest BCUT2D eigenvalue weighted by Crippen LogP contribution is -2.36. The van der Waals surface area contributed by atoms with Crippen molar-refractivity contribution >= 4 is 29.6 Å². The van der Waals surface area contributed by atoms with Crippen molar-refractivity contribution in [2.24, 2.45) is 5.11 Å². The van der Waals surface area contributed by atoms with Crippen molar-refractivity contribution in [3.05, 3.63) is 10.4 Å². The lowest BCUT2D eigenvalue weighted by atomic mass is 10.0. The van der Waals surface area contributed by atoms with Gasteiger partial charge in [-0.3, -0.25) is 9.59 Å². The van der Waals surface area contributed by atoms with E-state index in [-0.39, 0.29) is 36.5 Å². The molecule has 2 fully saturated rings.